The van der Waals surface area contributed by atoms with Gasteiger partial charge >= 0.3 is 12.1 Å². The molecule has 0 aliphatic carbocycles. The predicted octanol–water partition coefficient (Wildman–Crippen LogP) is 3.19. The first-order valence-corrected chi connectivity index (χ1v) is 12.8. The molecule has 1 aliphatic heterocycles. The number of likely N-dealkylation sites (N-methyl/N-ethyl adjacent to an activating group) is 2. The van der Waals surface area contributed by atoms with Crippen LogP contribution in [-0.4, -0.2) is 72.6 Å². The van der Waals surface area contributed by atoms with Gasteiger partial charge < -0.3 is 20.7 Å². The Hall–Kier alpha value is -4.94. The number of likely N-dealkylation sites (tertiary alicyclic amines) is 1. The van der Waals surface area contributed by atoms with Crippen molar-refractivity contribution < 1.29 is 37.1 Å². The van der Waals surface area contributed by atoms with Crippen molar-refractivity contribution in [3.63, 3.8) is 0 Å². The van der Waals surface area contributed by atoms with E-state index in [0.29, 0.717) is 17.3 Å². The Bertz CT molecular complexity index is 1440. The van der Waals surface area contributed by atoms with E-state index in [1.54, 1.807) is 37.3 Å². The first-order valence-electron chi connectivity index (χ1n) is 12.8. The van der Waals surface area contributed by atoms with Crippen LogP contribution in [0.5, 0.6) is 0 Å². The summed E-state index contributed by atoms with van der Waals surface area (Å²) in [4.78, 5) is 57.5. The molecule has 222 valence electrons. The third-order valence-corrected chi connectivity index (χ3v) is 6.30. The number of esters is 1. The Balaban J connectivity index is 1.99. The molecule has 2 aromatic rings. The van der Waals surface area contributed by atoms with Gasteiger partial charge in [0.1, 0.15) is 11.9 Å². The third kappa shape index (κ3) is 7.83. The van der Waals surface area contributed by atoms with Gasteiger partial charge in [0.25, 0.3) is 11.8 Å². The molecule has 3 N–H and O–H groups in total. The molecule has 3 rings (SSSR count). The van der Waals surface area contributed by atoms with Gasteiger partial charge in [0.05, 0.1) is 24.9 Å². The summed E-state index contributed by atoms with van der Waals surface area (Å²) < 4.78 is 44.1. The summed E-state index contributed by atoms with van der Waals surface area (Å²) in [5, 5.41) is 2.53. The van der Waals surface area contributed by atoms with Gasteiger partial charge in [-0.2, -0.15) is 13.2 Å². The lowest BCUT2D eigenvalue weighted by molar-refractivity contribution is -0.137. The maximum absolute atomic E-state index is 13.5. The smallest absolute Gasteiger partial charge is 0.416 e. The lowest BCUT2D eigenvalue weighted by Crippen LogP contribution is -2.56. The zero-order valence-corrected chi connectivity index (χ0v) is 23.1. The standard InChI is InChI=1S/C29H30F3N5O5/c1-4-37-26(34-20-11-6-5-7-12-20)21(22(33)17-36(2)24(38)13-14-25(39)42-3)16-23(28(37)41)35-27(40)18-9-8-10-19(15-18)29(30,31)32/h5-15,23H,4,16-17,33H2,1-3H3,(H,35,40)/b14-13+,22-21-,34-26?. The summed E-state index contributed by atoms with van der Waals surface area (Å²) in [5.41, 5.74) is 6.20. The highest BCUT2D eigenvalue weighted by Gasteiger charge is 2.38. The fraction of sp³-hybridized carbons (Fsp3) is 0.276. The quantitative estimate of drug-likeness (QED) is 0.361. The molecule has 1 unspecified atom stereocenters. The van der Waals surface area contributed by atoms with Crippen molar-refractivity contribution in [2.24, 2.45) is 10.7 Å². The average Bonchev–Trinajstić information content (AvgIpc) is 2.97. The fourth-order valence-corrected chi connectivity index (χ4v) is 4.13. The summed E-state index contributed by atoms with van der Waals surface area (Å²) in [5.74, 6) is -2.48. The zero-order valence-electron chi connectivity index (χ0n) is 23.1. The van der Waals surface area contributed by atoms with Crippen LogP contribution >= 0.6 is 0 Å². The first kappa shape index (κ1) is 31.6. The molecule has 42 heavy (non-hydrogen) atoms. The number of carbonyl (C=O) groups is 4. The number of para-hydroxylation sites is 1. The summed E-state index contributed by atoms with van der Waals surface area (Å²) in [6.07, 6.45) is -2.82. The number of nitrogens with zero attached hydrogens (tertiary/aromatic N) is 3. The minimum absolute atomic E-state index is 0.131. The van der Waals surface area contributed by atoms with Crippen LogP contribution in [0.2, 0.25) is 0 Å². The molecule has 0 spiro atoms. The number of nitrogens with one attached hydrogen (secondary N) is 1. The van der Waals surface area contributed by atoms with Gasteiger partial charge in [0.15, 0.2) is 0 Å². The molecule has 1 saturated heterocycles. The second-order valence-corrected chi connectivity index (χ2v) is 9.22. The first-order chi connectivity index (χ1) is 19.8. The Labute approximate surface area is 240 Å². The topological polar surface area (TPSA) is 134 Å². The Kier molecular flexibility index (Phi) is 10.2. The van der Waals surface area contributed by atoms with E-state index in [-0.39, 0.29) is 36.6 Å². The molecule has 0 aromatic heterocycles. The van der Waals surface area contributed by atoms with E-state index in [1.807, 2.05) is 0 Å². The van der Waals surface area contributed by atoms with Gasteiger partial charge in [0.2, 0.25) is 5.91 Å². The highest BCUT2D eigenvalue weighted by molar-refractivity contribution is 6.14. The number of methoxy groups -OCH3 is 1. The van der Waals surface area contributed by atoms with Gasteiger partial charge in [-0.3, -0.25) is 19.3 Å². The van der Waals surface area contributed by atoms with Crippen molar-refractivity contribution in [2.45, 2.75) is 25.6 Å². The van der Waals surface area contributed by atoms with E-state index in [2.05, 4.69) is 15.0 Å². The van der Waals surface area contributed by atoms with E-state index >= 15 is 0 Å². The number of carbonyl (C=O) groups excluding carboxylic acids is 4. The van der Waals surface area contributed by atoms with Crippen LogP contribution in [0.15, 0.2) is 83.0 Å². The molecule has 10 nitrogen and oxygen atoms in total. The highest BCUT2D eigenvalue weighted by atomic mass is 19.4. The van der Waals surface area contributed by atoms with Gasteiger partial charge in [-0.15, -0.1) is 0 Å². The van der Waals surface area contributed by atoms with Crippen LogP contribution in [0, 0.1) is 0 Å². The zero-order chi connectivity index (χ0) is 31.0. The number of aliphatic imine (C=N–C) groups is 1. The minimum atomic E-state index is -4.65. The van der Waals surface area contributed by atoms with Crippen LogP contribution in [0.4, 0.5) is 18.9 Å². The molecular formula is C29H30F3N5O5. The number of ether oxygens (including phenoxy) is 1. The molecule has 1 atom stereocenters. The Morgan fingerprint density at radius 2 is 1.83 bits per heavy atom. The maximum atomic E-state index is 13.5. The van der Waals surface area contributed by atoms with Crippen LogP contribution in [0.1, 0.15) is 29.3 Å². The SMILES string of the molecule is CCN1C(=O)C(NC(=O)c2cccc(C(F)(F)F)c2)C/C(=C(/N)CN(C)C(=O)/C=C/C(=O)OC)C1=Nc1ccccc1. The number of amides is 3. The van der Waals surface area contributed by atoms with E-state index in [4.69, 9.17) is 5.73 Å². The summed E-state index contributed by atoms with van der Waals surface area (Å²) in [7, 11) is 2.62. The second kappa shape index (κ2) is 13.6. The van der Waals surface area contributed by atoms with Crippen molar-refractivity contribution in [3.05, 3.63) is 89.1 Å². The van der Waals surface area contributed by atoms with Crippen LogP contribution in [-0.2, 0) is 25.3 Å². The van der Waals surface area contributed by atoms with Crippen molar-refractivity contribution in [1.29, 1.82) is 0 Å². The van der Waals surface area contributed by atoms with Crippen molar-refractivity contribution in [3.8, 4) is 0 Å². The summed E-state index contributed by atoms with van der Waals surface area (Å²) >= 11 is 0. The molecule has 3 amide bonds. The number of hydrogen-bond donors (Lipinski definition) is 2. The van der Waals surface area contributed by atoms with E-state index < -0.39 is 41.5 Å². The molecule has 0 bridgehead atoms. The molecule has 1 aliphatic rings. The molecule has 2 aromatic carbocycles. The van der Waals surface area contributed by atoms with Gasteiger partial charge in [0, 0.05) is 49.0 Å². The minimum Gasteiger partial charge on any atom is -0.466 e. The molecule has 0 saturated carbocycles. The van der Waals surface area contributed by atoms with Crippen molar-refractivity contribution in [1.82, 2.24) is 15.1 Å². The van der Waals surface area contributed by atoms with E-state index in [1.165, 1.54) is 30.0 Å². The number of nitrogens with two attached hydrogens (primary N) is 1. The number of halogens is 3. The molecule has 13 heteroatoms. The number of amidine groups is 1. The van der Waals surface area contributed by atoms with Crippen molar-refractivity contribution in [2.75, 3.05) is 27.2 Å². The van der Waals surface area contributed by atoms with Gasteiger partial charge in [-0.25, -0.2) is 9.79 Å². The number of hydrogen-bond acceptors (Lipinski definition) is 7. The van der Waals surface area contributed by atoms with Crippen LogP contribution in [0.25, 0.3) is 0 Å². The molecule has 0 radical (unpaired) electrons. The number of alkyl halides is 3. The average molecular weight is 586 g/mol. The third-order valence-electron chi connectivity index (χ3n) is 6.30. The summed E-state index contributed by atoms with van der Waals surface area (Å²) in [6.45, 7) is 1.69. The van der Waals surface area contributed by atoms with E-state index in [0.717, 1.165) is 24.3 Å². The largest absolute Gasteiger partial charge is 0.466 e. The molecular weight excluding hydrogens is 555 g/mol. The molecule has 1 heterocycles. The van der Waals surface area contributed by atoms with Gasteiger partial charge in [-0.1, -0.05) is 24.3 Å². The second-order valence-electron chi connectivity index (χ2n) is 9.22. The number of benzene rings is 2. The predicted molar refractivity (Wildman–Crippen MR) is 148 cm³/mol. The summed E-state index contributed by atoms with van der Waals surface area (Å²) in [6, 6.07) is 11.4. The molecule has 1 fully saturated rings. The van der Waals surface area contributed by atoms with Crippen molar-refractivity contribution >= 4 is 35.2 Å². The Morgan fingerprint density at radius 3 is 2.45 bits per heavy atom. The monoisotopic (exact) mass is 585 g/mol. The van der Waals surface area contributed by atoms with Crippen LogP contribution < -0.4 is 11.1 Å². The highest BCUT2D eigenvalue weighted by Crippen LogP contribution is 2.30. The number of rotatable bonds is 8. The maximum Gasteiger partial charge on any atom is 0.416 e. The lowest BCUT2D eigenvalue weighted by Gasteiger charge is -2.36. The fourth-order valence-electron chi connectivity index (χ4n) is 4.13. The van der Waals surface area contributed by atoms with Crippen LogP contribution in [0.3, 0.4) is 0 Å². The number of piperidine rings is 1. The van der Waals surface area contributed by atoms with E-state index in [9.17, 15) is 32.3 Å². The Morgan fingerprint density at radius 1 is 1.14 bits per heavy atom. The normalized spacial score (nSPS) is 17.8. The lowest BCUT2D eigenvalue weighted by atomic mass is 9.95. The van der Waals surface area contributed by atoms with Gasteiger partial charge in [-0.05, 0) is 37.3 Å².